The molecule has 0 unspecified atom stereocenters. The van der Waals surface area contributed by atoms with E-state index in [-0.39, 0.29) is 17.6 Å². The van der Waals surface area contributed by atoms with Crippen molar-refractivity contribution in [3.8, 4) is 11.4 Å². The van der Waals surface area contributed by atoms with Crippen molar-refractivity contribution in [3.63, 3.8) is 0 Å². The molecule has 0 radical (unpaired) electrons. The Morgan fingerprint density at radius 1 is 0.780 bits per heavy atom. The molecule has 6 nitrogen and oxygen atoms in total. The molecular weight excluding hydrogens is 590 g/mol. The van der Waals surface area contributed by atoms with Crippen LogP contribution in [0, 0.1) is 11.6 Å². The molecule has 0 fully saturated rings. The molecule has 4 aromatic carbocycles. The Hall–Kier alpha value is -4.37. The van der Waals surface area contributed by atoms with Crippen LogP contribution in [-0.2, 0) is 16.0 Å². The second kappa shape index (κ2) is 12.9. The van der Waals surface area contributed by atoms with E-state index in [1.165, 1.54) is 24.3 Å². The van der Waals surface area contributed by atoms with E-state index in [0.29, 0.717) is 13.0 Å². The molecule has 0 aliphatic rings. The molecule has 0 saturated heterocycles. The van der Waals surface area contributed by atoms with Crippen LogP contribution in [0.5, 0.6) is 0 Å². The van der Waals surface area contributed by atoms with Gasteiger partial charge in [-0.2, -0.15) is 10.2 Å². The molecule has 0 atom stereocenters. The van der Waals surface area contributed by atoms with Gasteiger partial charge in [-0.05, 0) is 92.1 Å². The minimum atomic E-state index is -0.269. The molecule has 2 heterocycles. The van der Waals surface area contributed by atoms with Gasteiger partial charge in [0.25, 0.3) is 0 Å². The normalized spacial score (nSPS) is 10.9. The Bertz CT molecular complexity index is 1780. The first-order valence-electron chi connectivity index (χ1n) is 13.2. The van der Waals surface area contributed by atoms with E-state index in [2.05, 4.69) is 32.2 Å². The van der Waals surface area contributed by atoms with Crippen molar-refractivity contribution in [1.82, 2.24) is 19.6 Å². The number of aryl methyl sites for hydroxylation is 1. The molecular formula is C32H27BrF2N4O2. The van der Waals surface area contributed by atoms with Gasteiger partial charge in [-0.15, -0.1) is 0 Å². The highest BCUT2D eigenvalue weighted by atomic mass is 79.9. The fourth-order valence-corrected chi connectivity index (χ4v) is 4.81. The predicted molar refractivity (Wildman–Crippen MR) is 159 cm³/mol. The Balaban J connectivity index is 0.000000174. The molecule has 0 aliphatic heterocycles. The van der Waals surface area contributed by atoms with Crippen LogP contribution < -0.4 is 0 Å². The molecule has 208 valence electrons. The maximum Gasteiger partial charge on any atom is 0.305 e. The van der Waals surface area contributed by atoms with Gasteiger partial charge in [0, 0.05) is 21.7 Å². The molecule has 0 amide bonds. The Morgan fingerprint density at radius 3 is 1.88 bits per heavy atom. The smallest absolute Gasteiger partial charge is 0.305 e. The topological polar surface area (TPSA) is 61.9 Å². The van der Waals surface area contributed by atoms with Crippen LogP contribution in [0.2, 0.25) is 0 Å². The summed E-state index contributed by atoms with van der Waals surface area (Å²) in [4.78, 5) is 11.4. The molecule has 6 aromatic rings. The summed E-state index contributed by atoms with van der Waals surface area (Å²) in [6.45, 7) is 2.23. The van der Waals surface area contributed by atoms with Crippen LogP contribution in [0.3, 0.4) is 0 Å². The van der Waals surface area contributed by atoms with Crippen molar-refractivity contribution in [2.24, 2.45) is 0 Å². The summed E-state index contributed by atoms with van der Waals surface area (Å²) in [5, 5.41) is 10.8. The van der Waals surface area contributed by atoms with Crippen LogP contribution >= 0.6 is 15.9 Å². The SMILES string of the molecule is CCOC(=O)CCCc1ccc2cnn(-c3ccc(F)cc3)c2c1.Fc1ccc(-n2ncc3ccc(Br)cc32)cc1. The fraction of sp³-hybridized carbons (Fsp3) is 0.156. The lowest BCUT2D eigenvalue weighted by molar-refractivity contribution is -0.143. The van der Waals surface area contributed by atoms with Crippen molar-refractivity contribution < 1.29 is 18.3 Å². The predicted octanol–water partition coefficient (Wildman–Crippen LogP) is 7.98. The highest BCUT2D eigenvalue weighted by Gasteiger charge is 2.08. The van der Waals surface area contributed by atoms with Gasteiger partial charge in [0.1, 0.15) is 11.6 Å². The molecule has 2 aromatic heterocycles. The average molecular weight is 617 g/mol. The molecule has 6 rings (SSSR count). The van der Waals surface area contributed by atoms with Crippen LogP contribution in [-0.4, -0.2) is 32.1 Å². The zero-order chi connectivity index (χ0) is 28.8. The van der Waals surface area contributed by atoms with E-state index in [1.807, 2.05) is 37.3 Å². The third-order valence-electron chi connectivity index (χ3n) is 6.46. The quantitative estimate of drug-likeness (QED) is 0.171. The first kappa shape index (κ1) is 28.2. The van der Waals surface area contributed by atoms with Crippen molar-refractivity contribution >= 4 is 43.7 Å². The van der Waals surface area contributed by atoms with E-state index in [4.69, 9.17) is 4.74 Å². The molecule has 0 N–H and O–H groups in total. The standard InChI is InChI=1S/C19H19FN2O2.C13H8BrFN2/c1-2-24-19(23)5-3-4-14-6-7-15-13-21-22(18(15)12-14)17-10-8-16(20)9-11-17;14-10-2-1-9-8-16-17(13(9)7-10)12-5-3-11(15)4-6-12/h6-13H,2-5H2,1H3;1-8H. The fourth-order valence-electron chi connectivity index (χ4n) is 4.46. The molecule has 41 heavy (non-hydrogen) atoms. The molecule has 0 spiro atoms. The number of aromatic nitrogens is 4. The summed E-state index contributed by atoms with van der Waals surface area (Å²) < 4.78 is 35.5. The molecule has 9 heteroatoms. The van der Waals surface area contributed by atoms with E-state index in [1.54, 1.807) is 46.0 Å². The number of carbonyl (C=O) groups excluding carboxylic acids is 1. The zero-order valence-electron chi connectivity index (χ0n) is 22.3. The van der Waals surface area contributed by atoms with E-state index < -0.39 is 0 Å². The number of hydrogen-bond donors (Lipinski definition) is 0. The second-order valence-electron chi connectivity index (χ2n) is 9.32. The Morgan fingerprint density at radius 2 is 1.32 bits per heavy atom. The van der Waals surface area contributed by atoms with Gasteiger partial charge in [0.2, 0.25) is 0 Å². The Labute approximate surface area is 244 Å². The summed E-state index contributed by atoms with van der Waals surface area (Å²) in [6.07, 6.45) is 5.55. The number of rotatable bonds is 7. The van der Waals surface area contributed by atoms with E-state index >= 15 is 0 Å². The lowest BCUT2D eigenvalue weighted by atomic mass is 10.1. The van der Waals surface area contributed by atoms with E-state index in [9.17, 15) is 13.6 Å². The van der Waals surface area contributed by atoms with Gasteiger partial charge < -0.3 is 4.74 Å². The molecule has 0 saturated carbocycles. The summed E-state index contributed by atoms with van der Waals surface area (Å²) >= 11 is 3.43. The maximum absolute atomic E-state index is 13.1. The van der Waals surface area contributed by atoms with Gasteiger partial charge in [-0.1, -0.05) is 34.1 Å². The highest BCUT2D eigenvalue weighted by Crippen LogP contribution is 2.23. The number of halogens is 3. The number of esters is 1. The minimum absolute atomic E-state index is 0.157. The summed E-state index contributed by atoms with van der Waals surface area (Å²) in [5.41, 5.74) is 4.76. The third kappa shape index (κ3) is 6.86. The number of benzene rings is 4. The van der Waals surface area contributed by atoms with E-state index in [0.717, 1.165) is 56.1 Å². The number of carbonyl (C=O) groups is 1. The lowest BCUT2D eigenvalue weighted by Gasteiger charge is -2.06. The van der Waals surface area contributed by atoms with Gasteiger partial charge in [0.05, 0.1) is 41.4 Å². The maximum atomic E-state index is 13.1. The molecule has 0 bridgehead atoms. The zero-order valence-corrected chi connectivity index (χ0v) is 23.9. The minimum Gasteiger partial charge on any atom is -0.466 e. The summed E-state index contributed by atoms with van der Waals surface area (Å²) in [6, 6.07) is 24.6. The van der Waals surface area contributed by atoms with Gasteiger partial charge in [-0.25, -0.2) is 18.1 Å². The molecule has 0 aliphatic carbocycles. The number of nitrogens with zero attached hydrogens (tertiary/aromatic N) is 4. The Kier molecular flexibility index (Phi) is 8.84. The van der Waals surface area contributed by atoms with Crippen molar-refractivity contribution in [3.05, 3.63) is 119 Å². The number of ether oxygens (including phenoxy) is 1. The van der Waals surface area contributed by atoms with Crippen LogP contribution in [0.4, 0.5) is 8.78 Å². The first-order valence-corrected chi connectivity index (χ1v) is 14.0. The van der Waals surface area contributed by atoms with Gasteiger partial charge in [-0.3, -0.25) is 4.79 Å². The monoisotopic (exact) mass is 616 g/mol. The summed E-state index contributed by atoms with van der Waals surface area (Å²) in [7, 11) is 0. The second-order valence-corrected chi connectivity index (χ2v) is 10.2. The number of hydrogen-bond acceptors (Lipinski definition) is 4. The van der Waals surface area contributed by atoms with Crippen molar-refractivity contribution in [2.75, 3.05) is 6.61 Å². The van der Waals surface area contributed by atoms with Crippen LogP contribution in [0.1, 0.15) is 25.3 Å². The average Bonchev–Trinajstić information content (AvgIpc) is 3.58. The van der Waals surface area contributed by atoms with Gasteiger partial charge >= 0.3 is 5.97 Å². The largest absolute Gasteiger partial charge is 0.466 e. The third-order valence-corrected chi connectivity index (χ3v) is 6.96. The van der Waals surface area contributed by atoms with Crippen LogP contribution in [0.15, 0.2) is 102 Å². The number of fused-ring (bicyclic) bond motifs is 2. The van der Waals surface area contributed by atoms with Crippen molar-refractivity contribution in [1.29, 1.82) is 0 Å². The summed E-state index contributed by atoms with van der Waals surface area (Å²) in [5.74, 6) is -0.670. The first-order chi connectivity index (χ1) is 19.9. The highest BCUT2D eigenvalue weighted by molar-refractivity contribution is 9.10. The lowest BCUT2D eigenvalue weighted by Crippen LogP contribution is -2.04. The van der Waals surface area contributed by atoms with Crippen molar-refractivity contribution in [2.45, 2.75) is 26.2 Å². The van der Waals surface area contributed by atoms with Crippen LogP contribution in [0.25, 0.3) is 33.2 Å². The van der Waals surface area contributed by atoms with Gasteiger partial charge in [0.15, 0.2) is 0 Å².